The SMILES string of the molecule is CCCCCCCCc1ccc(CCCCCCC(=O)O)cc1. The van der Waals surface area contributed by atoms with Crippen molar-refractivity contribution in [2.24, 2.45) is 0 Å². The smallest absolute Gasteiger partial charge is 0.303 e. The van der Waals surface area contributed by atoms with Gasteiger partial charge in [0.2, 0.25) is 0 Å². The largest absolute Gasteiger partial charge is 0.481 e. The first-order valence-corrected chi connectivity index (χ1v) is 9.52. The highest BCUT2D eigenvalue weighted by Gasteiger charge is 1.99. The van der Waals surface area contributed by atoms with Crippen molar-refractivity contribution >= 4 is 5.97 Å². The van der Waals surface area contributed by atoms with Crippen LogP contribution in [0.1, 0.15) is 88.7 Å². The van der Waals surface area contributed by atoms with E-state index in [-0.39, 0.29) is 0 Å². The minimum Gasteiger partial charge on any atom is -0.481 e. The molecular weight excluding hydrogens is 284 g/mol. The van der Waals surface area contributed by atoms with E-state index < -0.39 is 5.97 Å². The summed E-state index contributed by atoms with van der Waals surface area (Å²) < 4.78 is 0. The maximum atomic E-state index is 10.4. The predicted molar refractivity (Wildman–Crippen MR) is 97.9 cm³/mol. The van der Waals surface area contributed by atoms with Gasteiger partial charge in [-0.3, -0.25) is 4.79 Å². The molecule has 0 aliphatic rings. The van der Waals surface area contributed by atoms with E-state index in [0.29, 0.717) is 6.42 Å². The highest BCUT2D eigenvalue weighted by Crippen LogP contribution is 2.13. The second-order valence-corrected chi connectivity index (χ2v) is 6.64. The van der Waals surface area contributed by atoms with E-state index in [1.54, 1.807) is 0 Å². The van der Waals surface area contributed by atoms with Crippen molar-refractivity contribution in [1.29, 1.82) is 0 Å². The molecule has 0 unspecified atom stereocenters. The third kappa shape index (κ3) is 11.0. The molecule has 0 aromatic heterocycles. The van der Waals surface area contributed by atoms with Crippen molar-refractivity contribution in [3.63, 3.8) is 0 Å². The van der Waals surface area contributed by atoms with E-state index in [4.69, 9.17) is 5.11 Å². The number of benzene rings is 1. The summed E-state index contributed by atoms with van der Waals surface area (Å²) in [5.74, 6) is -0.675. The quantitative estimate of drug-likeness (QED) is 0.417. The molecule has 0 saturated heterocycles. The van der Waals surface area contributed by atoms with Crippen molar-refractivity contribution in [3.8, 4) is 0 Å². The zero-order valence-electron chi connectivity index (χ0n) is 14.9. The topological polar surface area (TPSA) is 37.3 Å². The summed E-state index contributed by atoms with van der Waals surface area (Å²) in [7, 11) is 0. The van der Waals surface area contributed by atoms with E-state index in [0.717, 1.165) is 32.1 Å². The highest BCUT2D eigenvalue weighted by atomic mass is 16.4. The van der Waals surface area contributed by atoms with Gasteiger partial charge in [0.1, 0.15) is 0 Å². The molecule has 2 nitrogen and oxygen atoms in total. The molecule has 1 aromatic rings. The monoisotopic (exact) mass is 318 g/mol. The van der Waals surface area contributed by atoms with E-state index in [1.165, 1.54) is 56.1 Å². The number of hydrogen-bond donors (Lipinski definition) is 1. The molecule has 0 radical (unpaired) electrons. The van der Waals surface area contributed by atoms with Gasteiger partial charge in [-0.1, -0.05) is 76.1 Å². The fraction of sp³-hybridized carbons (Fsp3) is 0.667. The van der Waals surface area contributed by atoms with Gasteiger partial charge in [0.15, 0.2) is 0 Å². The fourth-order valence-electron chi connectivity index (χ4n) is 2.94. The Labute approximate surface area is 142 Å². The Morgan fingerprint density at radius 3 is 1.65 bits per heavy atom. The van der Waals surface area contributed by atoms with Gasteiger partial charge in [-0.25, -0.2) is 0 Å². The Morgan fingerprint density at radius 1 is 0.739 bits per heavy atom. The average molecular weight is 319 g/mol. The van der Waals surface area contributed by atoms with E-state index in [9.17, 15) is 4.79 Å². The minimum atomic E-state index is -0.675. The summed E-state index contributed by atoms with van der Waals surface area (Å²) >= 11 is 0. The molecule has 0 bridgehead atoms. The van der Waals surface area contributed by atoms with E-state index in [2.05, 4.69) is 31.2 Å². The zero-order valence-corrected chi connectivity index (χ0v) is 14.9. The normalized spacial score (nSPS) is 10.8. The number of hydrogen-bond acceptors (Lipinski definition) is 1. The summed E-state index contributed by atoms with van der Waals surface area (Å²) in [6.07, 6.45) is 14.9. The molecule has 0 aliphatic carbocycles. The van der Waals surface area contributed by atoms with Crippen LogP contribution in [0.5, 0.6) is 0 Å². The second kappa shape index (κ2) is 13.2. The standard InChI is InChI=1S/C21H34O2/c1-2-3-4-5-6-9-12-19-15-17-20(18-16-19)13-10-7-8-11-14-21(22)23/h15-18H,2-14H2,1H3,(H,22,23). The van der Waals surface area contributed by atoms with E-state index in [1.807, 2.05) is 0 Å². The first-order valence-electron chi connectivity index (χ1n) is 9.52. The lowest BCUT2D eigenvalue weighted by molar-refractivity contribution is -0.137. The van der Waals surface area contributed by atoms with Crippen molar-refractivity contribution in [3.05, 3.63) is 35.4 Å². The van der Waals surface area contributed by atoms with E-state index >= 15 is 0 Å². The molecule has 0 saturated carbocycles. The van der Waals surface area contributed by atoms with Crippen LogP contribution in [0.3, 0.4) is 0 Å². The number of carboxylic acid groups (broad SMARTS) is 1. The van der Waals surface area contributed by atoms with Gasteiger partial charge in [0.05, 0.1) is 0 Å². The number of rotatable bonds is 14. The number of unbranched alkanes of at least 4 members (excludes halogenated alkanes) is 8. The Morgan fingerprint density at radius 2 is 1.17 bits per heavy atom. The molecule has 0 aliphatic heterocycles. The third-order valence-electron chi connectivity index (χ3n) is 4.45. The fourth-order valence-corrected chi connectivity index (χ4v) is 2.94. The van der Waals surface area contributed by atoms with Crippen LogP contribution in [-0.4, -0.2) is 11.1 Å². The molecule has 0 amide bonds. The van der Waals surface area contributed by atoms with Gasteiger partial charge in [-0.05, 0) is 43.2 Å². The first kappa shape index (κ1) is 19.7. The second-order valence-electron chi connectivity index (χ2n) is 6.64. The van der Waals surface area contributed by atoms with Crippen LogP contribution in [0.25, 0.3) is 0 Å². The van der Waals surface area contributed by atoms with Crippen LogP contribution in [0, 0.1) is 0 Å². The molecule has 0 spiro atoms. The van der Waals surface area contributed by atoms with Crippen LogP contribution in [0.15, 0.2) is 24.3 Å². The Hall–Kier alpha value is -1.31. The molecule has 0 atom stereocenters. The Kier molecular flexibility index (Phi) is 11.3. The molecule has 0 heterocycles. The van der Waals surface area contributed by atoms with Crippen LogP contribution < -0.4 is 0 Å². The Bertz CT molecular complexity index is 408. The first-order chi connectivity index (χ1) is 11.2. The van der Waals surface area contributed by atoms with Gasteiger partial charge in [0.25, 0.3) is 0 Å². The van der Waals surface area contributed by atoms with Crippen molar-refractivity contribution in [1.82, 2.24) is 0 Å². The molecule has 0 fully saturated rings. The van der Waals surface area contributed by atoms with Crippen LogP contribution >= 0.6 is 0 Å². The minimum absolute atomic E-state index is 0.313. The van der Waals surface area contributed by atoms with Crippen LogP contribution in [-0.2, 0) is 17.6 Å². The number of carboxylic acids is 1. The van der Waals surface area contributed by atoms with Gasteiger partial charge >= 0.3 is 5.97 Å². The summed E-state index contributed by atoms with van der Waals surface area (Å²) in [4.78, 5) is 10.4. The third-order valence-corrected chi connectivity index (χ3v) is 4.45. The highest BCUT2D eigenvalue weighted by molar-refractivity contribution is 5.66. The molecule has 1 aromatic carbocycles. The van der Waals surface area contributed by atoms with Gasteiger partial charge in [-0.15, -0.1) is 0 Å². The summed E-state index contributed by atoms with van der Waals surface area (Å²) in [6.45, 7) is 2.26. The summed E-state index contributed by atoms with van der Waals surface area (Å²) in [5.41, 5.74) is 2.88. The molecular formula is C21H34O2. The van der Waals surface area contributed by atoms with Crippen LogP contribution in [0.2, 0.25) is 0 Å². The summed E-state index contributed by atoms with van der Waals surface area (Å²) in [5, 5.41) is 8.59. The number of aryl methyl sites for hydroxylation is 2. The van der Waals surface area contributed by atoms with Crippen molar-refractivity contribution < 1.29 is 9.90 Å². The van der Waals surface area contributed by atoms with Crippen molar-refractivity contribution in [2.45, 2.75) is 90.4 Å². The molecule has 23 heavy (non-hydrogen) atoms. The lowest BCUT2D eigenvalue weighted by Crippen LogP contribution is -1.94. The maximum Gasteiger partial charge on any atom is 0.303 e. The molecule has 130 valence electrons. The average Bonchev–Trinajstić information content (AvgIpc) is 2.55. The predicted octanol–water partition coefficient (Wildman–Crippen LogP) is 6.17. The molecule has 2 heteroatoms. The molecule has 1 N–H and O–H groups in total. The Balaban J connectivity index is 2.07. The number of carbonyl (C=O) groups is 1. The van der Waals surface area contributed by atoms with Crippen LogP contribution in [0.4, 0.5) is 0 Å². The van der Waals surface area contributed by atoms with Gasteiger partial charge < -0.3 is 5.11 Å². The lowest BCUT2D eigenvalue weighted by atomic mass is 10.0. The zero-order chi connectivity index (χ0) is 16.8. The van der Waals surface area contributed by atoms with Gasteiger partial charge in [0, 0.05) is 6.42 Å². The molecule has 1 rings (SSSR count). The lowest BCUT2D eigenvalue weighted by Gasteiger charge is -2.05. The number of aliphatic carboxylic acids is 1. The van der Waals surface area contributed by atoms with Gasteiger partial charge in [-0.2, -0.15) is 0 Å². The van der Waals surface area contributed by atoms with Crippen molar-refractivity contribution in [2.75, 3.05) is 0 Å². The maximum absolute atomic E-state index is 10.4. The summed E-state index contributed by atoms with van der Waals surface area (Å²) in [6, 6.07) is 9.10.